The Balaban J connectivity index is 1.22. The normalized spacial score (nSPS) is 11.9. The van der Waals surface area contributed by atoms with Crippen LogP contribution in [0.2, 0.25) is 0 Å². The fourth-order valence-electron chi connectivity index (χ4n) is 8.64. The molecular weight excluding hydrogens is 715 g/mol. The molecule has 5 aromatic heterocycles. The maximum atomic E-state index is 5.36. The Labute approximate surface area is 329 Å². The first-order chi connectivity index (χ1) is 28.3. The number of hydrogen-bond donors (Lipinski definition) is 0. The average molecular weight is 748 g/mol. The molecule has 0 unspecified atom stereocenters. The summed E-state index contributed by atoms with van der Waals surface area (Å²) in [5.41, 5.74) is 4.37. The molecule has 0 bridgehead atoms. The summed E-state index contributed by atoms with van der Waals surface area (Å²) < 4.78 is 4.11. The van der Waals surface area contributed by atoms with Crippen molar-refractivity contribution in [3.8, 4) is 23.3 Å². The summed E-state index contributed by atoms with van der Waals surface area (Å²) in [6, 6.07) is 66.6. The van der Waals surface area contributed by atoms with Gasteiger partial charge in [-0.1, -0.05) is 152 Å². The highest BCUT2D eigenvalue weighted by Gasteiger charge is 2.41. The second kappa shape index (κ2) is 13.3. The van der Waals surface area contributed by atoms with Crippen molar-refractivity contribution >= 4 is 72.7 Å². The molecule has 0 aliphatic carbocycles. The number of benzene rings is 6. The van der Waals surface area contributed by atoms with Crippen LogP contribution in [-0.2, 0) is 0 Å². The monoisotopic (exact) mass is 747 g/mol. The van der Waals surface area contributed by atoms with Gasteiger partial charge in [-0.05, 0) is 57.1 Å². The summed E-state index contributed by atoms with van der Waals surface area (Å²) in [4.78, 5) is 25.7. The first-order valence-electron chi connectivity index (χ1n) is 19.0. The fourth-order valence-corrected chi connectivity index (χ4v) is 13.4. The molecule has 0 saturated heterocycles. The number of hydrogen-bond acceptors (Lipinski definition) is 5. The minimum Gasteiger partial charge on any atom is -0.278 e. The molecule has 268 valence electrons. The lowest BCUT2D eigenvalue weighted by atomic mass is 10.2. The number of para-hydroxylation sites is 2. The largest absolute Gasteiger partial charge is 0.278 e. The van der Waals surface area contributed by atoms with E-state index in [1.807, 2.05) is 16.7 Å². The molecule has 0 amide bonds. The van der Waals surface area contributed by atoms with Gasteiger partial charge in [0.1, 0.15) is 11.3 Å². The Kier molecular flexibility index (Phi) is 7.68. The van der Waals surface area contributed by atoms with Crippen LogP contribution in [0, 0.1) is 0 Å². The van der Waals surface area contributed by atoms with Crippen LogP contribution in [0.1, 0.15) is 0 Å². The van der Waals surface area contributed by atoms with Gasteiger partial charge in [0.25, 0.3) is 0 Å². The van der Waals surface area contributed by atoms with Crippen molar-refractivity contribution < 1.29 is 0 Å². The van der Waals surface area contributed by atoms with Gasteiger partial charge in [0.15, 0.2) is 13.9 Å². The molecular formula is C49H33N7Si. The molecule has 8 heteroatoms. The van der Waals surface area contributed by atoms with E-state index in [0.717, 1.165) is 49.4 Å². The third-order valence-electron chi connectivity index (χ3n) is 11.1. The topological polar surface area (TPSA) is 74.3 Å². The number of pyridine rings is 2. The molecule has 57 heavy (non-hydrogen) atoms. The van der Waals surface area contributed by atoms with E-state index in [1.54, 1.807) is 12.4 Å². The zero-order chi connectivity index (χ0) is 37.8. The highest BCUT2D eigenvalue weighted by Crippen LogP contribution is 2.33. The van der Waals surface area contributed by atoms with E-state index in [4.69, 9.17) is 24.9 Å². The second-order valence-electron chi connectivity index (χ2n) is 14.1. The molecule has 0 saturated carbocycles. The first kappa shape index (κ1) is 32.8. The number of nitrogens with zero attached hydrogens (tertiary/aromatic N) is 7. The molecule has 0 fully saturated rings. The molecule has 11 rings (SSSR count). The molecule has 0 radical (unpaired) electrons. The van der Waals surface area contributed by atoms with Gasteiger partial charge in [0, 0.05) is 39.5 Å². The predicted molar refractivity (Wildman–Crippen MR) is 233 cm³/mol. The van der Waals surface area contributed by atoms with Crippen molar-refractivity contribution in [3.63, 3.8) is 0 Å². The van der Waals surface area contributed by atoms with Gasteiger partial charge in [-0.2, -0.15) is 15.0 Å². The zero-order valence-corrected chi connectivity index (χ0v) is 31.7. The molecule has 0 spiro atoms. The van der Waals surface area contributed by atoms with Crippen molar-refractivity contribution in [2.45, 2.75) is 0 Å². The Morgan fingerprint density at radius 2 is 0.789 bits per heavy atom. The summed E-state index contributed by atoms with van der Waals surface area (Å²) in [5.74, 6) is 1.51. The Bertz CT molecular complexity index is 2920. The van der Waals surface area contributed by atoms with E-state index in [9.17, 15) is 0 Å². The molecule has 11 aromatic rings. The fraction of sp³-hybridized carbons (Fsp3) is 0. The smallest absolute Gasteiger partial charge is 0.242 e. The minimum absolute atomic E-state index is 0.442. The Morgan fingerprint density at radius 1 is 0.351 bits per heavy atom. The van der Waals surface area contributed by atoms with Crippen molar-refractivity contribution in [2.75, 3.05) is 0 Å². The maximum Gasteiger partial charge on any atom is 0.242 e. The van der Waals surface area contributed by atoms with Crippen molar-refractivity contribution in [1.29, 1.82) is 0 Å². The van der Waals surface area contributed by atoms with E-state index < -0.39 is 8.07 Å². The van der Waals surface area contributed by atoms with Crippen LogP contribution in [0.15, 0.2) is 200 Å². The van der Waals surface area contributed by atoms with Gasteiger partial charge in [0.2, 0.25) is 11.9 Å². The molecule has 0 aliphatic rings. The van der Waals surface area contributed by atoms with Crippen LogP contribution in [-0.4, -0.2) is 42.1 Å². The van der Waals surface area contributed by atoms with Crippen molar-refractivity contribution in [2.24, 2.45) is 0 Å². The summed E-state index contributed by atoms with van der Waals surface area (Å²) in [7, 11) is -2.84. The van der Waals surface area contributed by atoms with Gasteiger partial charge in [-0.25, -0.2) is 14.5 Å². The summed E-state index contributed by atoms with van der Waals surface area (Å²) >= 11 is 0. The highest BCUT2D eigenvalue weighted by molar-refractivity contribution is 7.19. The predicted octanol–water partition coefficient (Wildman–Crippen LogP) is 7.90. The third kappa shape index (κ3) is 5.15. The van der Waals surface area contributed by atoms with Crippen LogP contribution in [0.4, 0.5) is 0 Å². The van der Waals surface area contributed by atoms with Crippen LogP contribution < -0.4 is 20.7 Å². The van der Waals surface area contributed by atoms with Gasteiger partial charge in [-0.15, -0.1) is 0 Å². The van der Waals surface area contributed by atoms with Crippen LogP contribution in [0.25, 0.3) is 67.2 Å². The standard InChI is InChI=1S/C49H33N7Si/c1-4-18-35(19-5-1)57(36-20-6-2-7-21-36,37-22-8-3-9-23-37)38-24-14-17-34(33-38)45-52-48(55-43-29-12-10-25-39(43)40-26-11-13-30-44(40)55)54-49(53-45)56-46-41(27-15-31-50-46)42-28-16-32-51-47(42)56/h1-33H. The van der Waals surface area contributed by atoms with E-state index in [1.165, 1.54) is 20.7 Å². The lowest BCUT2D eigenvalue weighted by molar-refractivity contribution is 0.883. The number of rotatable bonds is 7. The SMILES string of the molecule is c1ccc([Si](c2ccccc2)(c2ccccc2)c2cccc(-c3nc(-n4c5ccccc5c5ccccc54)nc(-n4c5ncccc5c5cccnc54)n3)c2)cc1. The van der Waals surface area contributed by atoms with E-state index in [-0.39, 0.29) is 0 Å². The van der Waals surface area contributed by atoms with Crippen molar-refractivity contribution in [1.82, 2.24) is 34.1 Å². The van der Waals surface area contributed by atoms with E-state index in [0.29, 0.717) is 17.7 Å². The first-order valence-corrected chi connectivity index (χ1v) is 21.0. The minimum atomic E-state index is -2.84. The summed E-state index contributed by atoms with van der Waals surface area (Å²) in [5, 5.41) is 9.33. The lowest BCUT2D eigenvalue weighted by Gasteiger charge is -2.34. The number of aromatic nitrogens is 7. The third-order valence-corrected chi connectivity index (χ3v) is 15.8. The van der Waals surface area contributed by atoms with Crippen LogP contribution >= 0.6 is 0 Å². The molecule has 0 aliphatic heterocycles. The quantitative estimate of drug-likeness (QED) is 0.123. The van der Waals surface area contributed by atoms with Gasteiger partial charge in [-0.3, -0.25) is 4.57 Å². The second-order valence-corrected chi connectivity index (χ2v) is 18.0. The Hall–Kier alpha value is -7.55. The summed E-state index contributed by atoms with van der Waals surface area (Å²) in [6.07, 6.45) is 3.61. The van der Waals surface area contributed by atoms with E-state index >= 15 is 0 Å². The molecule has 6 aromatic carbocycles. The lowest BCUT2D eigenvalue weighted by Crippen LogP contribution is -2.74. The molecule has 7 nitrogen and oxygen atoms in total. The Morgan fingerprint density at radius 3 is 1.32 bits per heavy atom. The van der Waals surface area contributed by atoms with E-state index in [2.05, 4.69) is 180 Å². The summed E-state index contributed by atoms with van der Waals surface area (Å²) in [6.45, 7) is 0. The van der Waals surface area contributed by atoms with Crippen LogP contribution in [0.3, 0.4) is 0 Å². The van der Waals surface area contributed by atoms with Crippen LogP contribution in [0.5, 0.6) is 0 Å². The molecule has 0 N–H and O–H groups in total. The average Bonchev–Trinajstić information content (AvgIpc) is 3.81. The van der Waals surface area contributed by atoms with Gasteiger partial charge < -0.3 is 0 Å². The van der Waals surface area contributed by atoms with Crippen molar-refractivity contribution in [3.05, 3.63) is 200 Å². The number of fused-ring (bicyclic) bond motifs is 6. The highest BCUT2D eigenvalue weighted by atomic mass is 28.3. The van der Waals surface area contributed by atoms with Gasteiger partial charge in [0.05, 0.1) is 11.0 Å². The molecule has 5 heterocycles. The molecule has 0 atom stereocenters. The maximum absolute atomic E-state index is 5.36. The van der Waals surface area contributed by atoms with Gasteiger partial charge >= 0.3 is 0 Å². The zero-order valence-electron chi connectivity index (χ0n) is 30.7.